The maximum Gasteiger partial charge on any atom is 0.162 e. The van der Waals surface area contributed by atoms with E-state index < -0.39 is 0 Å². The maximum absolute atomic E-state index is 5.84. The van der Waals surface area contributed by atoms with Crippen molar-refractivity contribution in [1.82, 2.24) is 9.97 Å². The molecule has 94 valence electrons. The third-order valence-corrected chi connectivity index (χ3v) is 3.50. The van der Waals surface area contributed by atoms with E-state index in [9.17, 15) is 0 Å². The highest BCUT2D eigenvalue weighted by Crippen LogP contribution is 2.23. The van der Waals surface area contributed by atoms with Gasteiger partial charge >= 0.3 is 0 Å². The second-order valence-electron chi connectivity index (χ2n) is 4.02. The van der Waals surface area contributed by atoms with Crippen LogP contribution in [0.25, 0.3) is 11.4 Å². The topological polar surface area (TPSA) is 51.8 Å². The predicted molar refractivity (Wildman–Crippen MR) is 77.5 cm³/mol. The molecule has 3 nitrogen and oxygen atoms in total. The first-order chi connectivity index (χ1) is 8.79. The molecule has 0 saturated heterocycles. The zero-order chi connectivity index (χ0) is 12.8. The number of unbranched alkanes of at least 4 members (excludes halogenated alkanes) is 1. The van der Waals surface area contributed by atoms with Crippen LogP contribution in [0.15, 0.2) is 41.4 Å². The summed E-state index contributed by atoms with van der Waals surface area (Å²) >= 11 is 1.74. The molecule has 18 heavy (non-hydrogen) atoms. The van der Waals surface area contributed by atoms with Crippen molar-refractivity contribution in [2.24, 2.45) is 0 Å². The zero-order valence-electron chi connectivity index (χ0n) is 10.5. The van der Waals surface area contributed by atoms with Gasteiger partial charge in [-0.15, -0.1) is 11.8 Å². The van der Waals surface area contributed by atoms with E-state index in [4.69, 9.17) is 5.73 Å². The Kier molecular flexibility index (Phi) is 4.59. The van der Waals surface area contributed by atoms with E-state index in [0.29, 0.717) is 11.6 Å². The second kappa shape index (κ2) is 6.40. The van der Waals surface area contributed by atoms with Crippen LogP contribution in [0.5, 0.6) is 0 Å². The Morgan fingerprint density at radius 1 is 1.17 bits per heavy atom. The largest absolute Gasteiger partial charge is 0.384 e. The minimum absolute atomic E-state index is 0.530. The molecule has 0 unspecified atom stereocenters. The van der Waals surface area contributed by atoms with Gasteiger partial charge in [-0.1, -0.05) is 43.7 Å². The SMILES string of the molecule is CCCCSc1cc(N)nc(-c2ccccc2)n1. The quantitative estimate of drug-likeness (QED) is 0.506. The summed E-state index contributed by atoms with van der Waals surface area (Å²) in [5, 5.41) is 0.954. The summed E-state index contributed by atoms with van der Waals surface area (Å²) in [6.45, 7) is 2.18. The molecule has 0 radical (unpaired) electrons. The Labute approximate surface area is 112 Å². The van der Waals surface area contributed by atoms with E-state index in [1.54, 1.807) is 11.8 Å². The normalized spacial score (nSPS) is 10.5. The summed E-state index contributed by atoms with van der Waals surface area (Å²) in [6, 6.07) is 11.8. The van der Waals surface area contributed by atoms with Crippen molar-refractivity contribution in [2.45, 2.75) is 24.8 Å². The standard InChI is InChI=1S/C14H17N3S/c1-2-3-9-18-13-10-12(15)16-14(17-13)11-7-5-4-6-8-11/h4-8,10H,2-3,9H2,1H3,(H2,15,16,17). The van der Waals surface area contributed by atoms with Gasteiger partial charge in [-0.05, 0) is 12.2 Å². The first kappa shape index (κ1) is 12.9. The van der Waals surface area contributed by atoms with Gasteiger partial charge in [0.15, 0.2) is 5.82 Å². The summed E-state index contributed by atoms with van der Waals surface area (Å²) in [4.78, 5) is 8.83. The van der Waals surface area contributed by atoms with E-state index in [0.717, 1.165) is 16.3 Å². The third-order valence-electron chi connectivity index (χ3n) is 2.50. The fourth-order valence-corrected chi connectivity index (χ4v) is 2.55. The number of thioether (sulfide) groups is 1. The summed E-state index contributed by atoms with van der Waals surface area (Å²) in [5.74, 6) is 2.30. The summed E-state index contributed by atoms with van der Waals surface area (Å²) in [7, 11) is 0. The molecule has 0 aliphatic rings. The lowest BCUT2D eigenvalue weighted by molar-refractivity contribution is 0.894. The number of nitrogen functional groups attached to an aromatic ring is 1. The Hall–Kier alpha value is -1.55. The number of anilines is 1. The monoisotopic (exact) mass is 259 g/mol. The number of rotatable bonds is 5. The van der Waals surface area contributed by atoms with E-state index >= 15 is 0 Å². The van der Waals surface area contributed by atoms with Crippen LogP contribution in [0.1, 0.15) is 19.8 Å². The zero-order valence-corrected chi connectivity index (χ0v) is 11.3. The van der Waals surface area contributed by atoms with Gasteiger partial charge < -0.3 is 5.73 Å². The first-order valence-electron chi connectivity index (χ1n) is 6.12. The summed E-state index contributed by atoms with van der Waals surface area (Å²) in [5.41, 5.74) is 6.84. The number of nitrogens with zero attached hydrogens (tertiary/aromatic N) is 2. The Balaban J connectivity index is 2.21. The fourth-order valence-electron chi connectivity index (χ4n) is 1.55. The molecule has 0 saturated carbocycles. The van der Waals surface area contributed by atoms with Crippen LogP contribution in [-0.4, -0.2) is 15.7 Å². The van der Waals surface area contributed by atoms with E-state index in [2.05, 4.69) is 16.9 Å². The fraction of sp³-hybridized carbons (Fsp3) is 0.286. The molecule has 0 aliphatic carbocycles. The molecule has 1 aromatic carbocycles. The van der Waals surface area contributed by atoms with Crippen LogP contribution < -0.4 is 5.73 Å². The van der Waals surface area contributed by atoms with E-state index in [1.165, 1.54) is 12.8 Å². The van der Waals surface area contributed by atoms with Crippen molar-refractivity contribution >= 4 is 17.6 Å². The molecule has 0 fully saturated rings. The Bertz CT molecular complexity index is 500. The van der Waals surface area contributed by atoms with Gasteiger partial charge in [-0.2, -0.15) is 0 Å². The van der Waals surface area contributed by atoms with Crippen LogP contribution in [0.3, 0.4) is 0 Å². The van der Waals surface area contributed by atoms with Crippen LogP contribution >= 0.6 is 11.8 Å². The minimum Gasteiger partial charge on any atom is -0.384 e. The number of benzene rings is 1. The summed E-state index contributed by atoms with van der Waals surface area (Å²) in [6.07, 6.45) is 2.38. The number of aromatic nitrogens is 2. The van der Waals surface area contributed by atoms with Gasteiger partial charge in [0.25, 0.3) is 0 Å². The lowest BCUT2D eigenvalue weighted by Crippen LogP contribution is -1.97. The van der Waals surface area contributed by atoms with Crippen LogP contribution in [0, 0.1) is 0 Å². The van der Waals surface area contributed by atoms with Gasteiger partial charge in [-0.25, -0.2) is 9.97 Å². The van der Waals surface area contributed by atoms with Gasteiger partial charge in [0, 0.05) is 11.6 Å². The number of nitrogens with two attached hydrogens (primary N) is 1. The average Bonchev–Trinajstić information content (AvgIpc) is 2.39. The lowest BCUT2D eigenvalue weighted by Gasteiger charge is -2.05. The molecule has 0 bridgehead atoms. The van der Waals surface area contributed by atoms with Crippen LogP contribution in [-0.2, 0) is 0 Å². The molecular weight excluding hydrogens is 242 g/mol. The lowest BCUT2D eigenvalue weighted by atomic mass is 10.2. The first-order valence-corrected chi connectivity index (χ1v) is 7.11. The van der Waals surface area contributed by atoms with Gasteiger partial charge in [0.2, 0.25) is 0 Å². The number of hydrogen-bond acceptors (Lipinski definition) is 4. The molecule has 1 heterocycles. The molecule has 4 heteroatoms. The maximum atomic E-state index is 5.84. The Morgan fingerprint density at radius 2 is 1.94 bits per heavy atom. The third kappa shape index (κ3) is 3.47. The molecule has 2 aromatic rings. The van der Waals surface area contributed by atoms with Crippen molar-refractivity contribution in [3.05, 3.63) is 36.4 Å². The molecule has 0 aliphatic heterocycles. The van der Waals surface area contributed by atoms with Crippen molar-refractivity contribution in [1.29, 1.82) is 0 Å². The molecule has 0 atom stereocenters. The molecule has 2 N–H and O–H groups in total. The van der Waals surface area contributed by atoms with E-state index in [1.807, 2.05) is 36.4 Å². The average molecular weight is 259 g/mol. The molecule has 2 rings (SSSR count). The highest BCUT2D eigenvalue weighted by molar-refractivity contribution is 7.99. The minimum atomic E-state index is 0.530. The highest BCUT2D eigenvalue weighted by Gasteiger charge is 2.05. The van der Waals surface area contributed by atoms with Crippen LogP contribution in [0.2, 0.25) is 0 Å². The highest BCUT2D eigenvalue weighted by atomic mass is 32.2. The van der Waals surface area contributed by atoms with Gasteiger partial charge in [0.05, 0.1) is 0 Å². The summed E-state index contributed by atoms with van der Waals surface area (Å²) < 4.78 is 0. The smallest absolute Gasteiger partial charge is 0.162 e. The van der Waals surface area contributed by atoms with Crippen molar-refractivity contribution in [3.63, 3.8) is 0 Å². The van der Waals surface area contributed by atoms with Gasteiger partial charge in [-0.3, -0.25) is 0 Å². The Morgan fingerprint density at radius 3 is 2.67 bits per heavy atom. The van der Waals surface area contributed by atoms with Gasteiger partial charge in [0.1, 0.15) is 10.8 Å². The molecule has 0 spiro atoms. The van der Waals surface area contributed by atoms with Crippen LogP contribution in [0.4, 0.5) is 5.82 Å². The second-order valence-corrected chi connectivity index (χ2v) is 5.14. The van der Waals surface area contributed by atoms with Crippen molar-refractivity contribution < 1.29 is 0 Å². The molecule has 0 amide bonds. The van der Waals surface area contributed by atoms with E-state index in [-0.39, 0.29) is 0 Å². The molecular formula is C14H17N3S. The molecule has 1 aromatic heterocycles. The predicted octanol–water partition coefficient (Wildman–Crippen LogP) is 3.62. The van der Waals surface area contributed by atoms with Crippen molar-refractivity contribution in [3.8, 4) is 11.4 Å². The van der Waals surface area contributed by atoms with Crippen molar-refractivity contribution in [2.75, 3.05) is 11.5 Å². The number of hydrogen-bond donors (Lipinski definition) is 1.